The zero-order chi connectivity index (χ0) is 33.6. The first-order valence-corrected chi connectivity index (χ1v) is 21.2. The van der Waals surface area contributed by atoms with Gasteiger partial charge in [0, 0.05) is 6.42 Å². The van der Waals surface area contributed by atoms with Gasteiger partial charge in [0.2, 0.25) is 5.91 Å². The molecule has 0 saturated carbocycles. The largest absolute Gasteiger partial charge is 0.394 e. The summed E-state index contributed by atoms with van der Waals surface area (Å²) in [6, 6.07) is -0.528. The highest BCUT2D eigenvalue weighted by molar-refractivity contribution is 5.76. The first-order valence-electron chi connectivity index (χ1n) is 21.2. The first kappa shape index (κ1) is 45.4. The van der Waals surface area contributed by atoms with Crippen LogP contribution in [0.15, 0.2) is 0 Å². The number of amides is 1. The van der Waals surface area contributed by atoms with Crippen molar-refractivity contribution in [2.24, 2.45) is 0 Å². The molecule has 0 aromatic heterocycles. The van der Waals surface area contributed by atoms with Crippen LogP contribution < -0.4 is 5.32 Å². The molecule has 4 heteroatoms. The van der Waals surface area contributed by atoms with Crippen LogP contribution in [0.4, 0.5) is 0 Å². The Morgan fingerprint density at radius 3 is 0.978 bits per heavy atom. The van der Waals surface area contributed by atoms with Crippen LogP contribution in [0, 0.1) is 0 Å². The predicted molar refractivity (Wildman–Crippen MR) is 203 cm³/mol. The molecule has 0 saturated heterocycles. The Labute approximate surface area is 289 Å². The van der Waals surface area contributed by atoms with Crippen molar-refractivity contribution in [2.45, 2.75) is 257 Å². The van der Waals surface area contributed by atoms with Gasteiger partial charge in [0.05, 0.1) is 18.8 Å². The van der Waals surface area contributed by atoms with Crippen molar-refractivity contribution < 1.29 is 15.0 Å². The SMILES string of the molecule is CCCCCCCCCCCCCCCCCCCCC(O)C(CO)NC(=O)CCCCCCCCCCCCCCCCCC. The third-order valence-corrected chi connectivity index (χ3v) is 10.1. The average Bonchev–Trinajstić information content (AvgIpc) is 3.06. The maximum Gasteiger partial charge on any atom is 0.220 e. The van der Waals surface area contributed by atoms with Crippen LogP contribution in [-0.4, -0.2) is 34.9 Å². The number of rotatable bonds is 39. The highest BCUT2D eigenvalue weighted by Gasteiger charge is 2.20. The monoisotopic (exact) mass is 652 g/mol. The number of aliphatic hydroxyl groups is 2. The summed E-state index contributed by atoms with van der Waals surface area (Å²) < 4.78 is 0. The van der Waals surface area contributed by atoms with Gasteiger partial charge >= 0.3 is 0 Å². The van der Waals surface area contributed by atoms with E-state index in [0.717, 1.165) is 25.7 Å². The van der Waals surface area contributed by atoms with Crippen LogP contribution in [0.2, 0.25) is 0 Å². The van der Waals surface area contributed by atoms with Gasteiger partial charge in [-0.25, -0.2) is 0 Å². The highest BCUT2D eigenvalue weighted by atomic mass is 16.3. The number of carbonyl (C=O) groups is 1. The van der Waals surface area contributed by atoms with E-state index >= 15 is 0 Å². The lowest BCUT2D eigenvalue weighted by atomic mass is 10.0. The molecule has 0 radical (unpaired) electrons. The molecule has 0 heterocycles. The van der Waals surface area contributed by atoms with Crippen LogP contribution in [0.5, 0.6) is 0 Å². The third-order valence-electron chi connectivity index (χ3n) is 10.1. The third kappa shape index (κ3) is 34.7. The van der Waals surface area contributed by atoms with E-state index in [1.807, 2.05) is 0 Å². The standard InChI is InChI=1S/C42H85NO3/c1-3-5-7-9-11-13-15-17-19-21-22-23-25-27-29-31-33-35-37-41(45)40(39-44)43-42(46)38-36-34-32-30-28-26-24-20-18-16-14-12-10-8-6-4-2/h40-41,44-45H,3-39H2,1-2H3,(H,43,46). The second-order valence-electron chi connectivity index (χ2n) is 14.8. The molecule has 0 bridgehead atoms. The molecule has 2 atom stereocenters. The Balaban J connectivity index is 3.48. The Morgan fingerprint density at radius 2 is 0.696 bits per heavy atom. The molecule has 46 heavy (non-hydrogen) atoms. The quantitative estimate of drug-likeness (QED) is 0.0579. The van der Waals surface area contributed by atoms with Gasteiger partial charge in [0.1, 0.15) is 0 Å². The number of hydrogen-bond donors (Lipinski definition) is 3. The fourth-order valence-corrected chi connectivity index (χ4v) is 6.83. The summed E-state index contributed by atoms with van der Waals surface area (Å²) in [5.74, 6) is -0.0266. The molecular formula is C42H85NO3. The number of hydrogen-bond acceptors (Lipinski definition) is 3. The second-order valence-corrected chi connectivity index (χ2v) is 14.8. The van der Waals surface area contributed by atoms with E-state index in [4.69, 9.17) is 0 Å². The van der Waals surface area contributed by atoms with Gasteiger partial charge in [0.25, 0.3) is 0 Å². The molecule has 0 aliphatic heterocycles. The van der Waals surface area contributed by atoms with Gasteiger partial charge < -0.3 is 15.5 Å². The first-order chi connectivity index (χ1) is 22.7. The predicted octanol–water partition coefficient (Wildman–Crippen LogP) is 12.9. The molecule has 0 aromatic carbocycles. The molecule has 3 N–H and O–H groups in total. The van der Waals surface area contributed by atoms with E-state index in [0.29, 0.717) is 12.8 Å². The molecule has 0 aliphatic rings. The normalized spacial score (nSPS) is 12.9. The van der Waals surface area contributed by atoms with Gasteiger partial charge in [-0.1, -0.05) is 226 Å². The van der Waals surface area contributed by atoms with Crippen molar-refractivity contribution in [2.75, 3.05) is 6.61 Å². The van der Waals surface area contributed by atoms with Gasteiger partial charge in [-0.15, -0.1) is 0 Å². The van der Waals surface area contributed by atoms with E-state index in [-0.39, 0.29) is 12.5 Å². The minimum Gasteiger partial charge on any atom is -0.394 e. The Kier molecular flexibility index (Phi) is 38.3. The van der Waals surface area contributed by atoms with Crippen LogP contribution in [0.1, 0.15) is 245 Å². The van der Waals surface area contributed by atoms with Crippen LogP contribution >= 0.6 is 0 Å². The highest BCUT2D eigenvalue weighted by Crippen LogP contribution is 2.17. The summed E-state index contributed by atoms with van der Waals surface area (Å²) in [5.41, 5.74) is 0. The van der Waals surface area contributed by atoms with Crippen molar-refractivity contribution in [1.29, 1.82) is 0 Å². The molecule has 2 unspecified atom stereocenters. The molecule has 0 rings (SSSR count). The summed E-state index contributed by atoms with van der Waals surface area (Å²) in [6.07, 6.45) is 46.0. The lowest BCUT2D eigenvalue weighted by molar-refractivity contribution is -0.123. The molecule has 4 nitrogen and oxygen atoms in total. The van der Waals surface area contributed by atoms with Crippen molar-refractivity contribution in [3.63, 3.8) is 0 Å². The van der Waals surface area contributed by atoms with Gasteiger partial charge in [-0.3, -0.25) is 4.79 Å². The number of aliphatic hydroxyl groups excluding tert-OH is 2. The van der Waals surface area contributed by atoms with Gasteiger partial charge in [-0.2, -0.15) is 0 Å². The van der Waals surface area contributed by atoms with Crippen molar-refractivity contribution >= 4 is 5.91 Å². The van der Waals surface area contributed by atoms with E-state index in [9.17, 15) is 15.0 Å². The zero-order valence-corrected chi connectivity index (χ0v) is 31.6. The molecule has 0 aliphatic carbocycles. The average molecular weight is 652 g/mol. The molecular weight excluding hydrogens is 566 g/mol. The van der Waals surface area contributed by atoms with Crippen LogP contribution in [0.25, 0.3) is 0 Å². The topological polar surface area (TPSA) is 69.6 Å². The molecule has 0 spiro atoms. The van der Waals surface area contributed by atoms with Crippen molar-refractivity contribution in [1.82, 2.24) is 5.32 Å². The molecule has 0 fully saturated rings. The molecule has 1 amide bonds. The summed E-state index contributed by atoms with van der Waals surface area (Å²) >= 11 is 0. The Morgan fingerprint density at radius 1 is 0.435 bits per heavy atom. The van der Waals surface area contributed by atoms with Crippen LogP contribution in [-0.2, 0) is 4.79 Å². The lowest BCUT2D eigenvalue weighted by Gasteiger charge is -2.22. The summed E-state index contributed by atoms with van der Waals surface area (Å²) in [4.78, 5) is 12.4. The van der Waals surface area contributed by atoms with Crippen molar-refractivity contribution in [3.05, 3.63) is 0 Å². The summed E-state index contributed by atoms with van der Waals surface area (Å²) in [6.45, 7) is 4.38. The van der Waals surface area contributed by atoms with Gasteiger partial charge in [0.15, 0.2) is 0 Å². The smallest absolute Gasteiger partial charge is 0.220 e. The fourth-order valence-electron chi connectivity index (χ4n) is 6.83. The van der Waals surface area contributed by atoms with E-state index in [2.05, 4.69) is 19.2 Å². The summed E-state index contributed by atoms with van der Waals surface area (Å²) in [5, 5.41) is 23.2. The maximum atomic E-state index is 12.4. The Hall–Kier alpha value is -0.610. The summed E-state index contributed by atoms with van der Waals surface area (Å²) in [7, 11) is 0. The second kappa shape index (κ2) is 38.8. The minimum absolute atomic E-state index is 0.0266. The number of unbranched alkanes of at least 4 members (excludes halogenated alkanes) is 32. The Bertz CT molecular complexity index is 583. The zero-order valence-electron chi connectivity index (χ0n) is 31.6. The van der Waals surface area contributed by atoms with E-state index in [1.165, 1.54) is 193 Å². The van der Waals surface area contributed by atoms with Crippen LogP contribution in [0.3, 0.4) is 0 Å². The van der Waals surface area contributed by atoms with E-state index in [1.54, 1.807) is 0 Å². The minimum atomic E-state index is -0.652. The molecule has 276 valence electrons. The number of carbonyl (C=O) groups excluding carboxylic acids is 1. The van der Waals surface area contributed by atoms with Crippen molar-refractivity contribution in [3.8, 4) is 0 Å². The van der Waals surface area contributed by atoms with E-state index < -0.39 is 12.1 Å². The fraction of sp³-hybridized carbons (Fsp3) is 0.976. The number of nitrogens with one attached hydrogen (secondary N) is 1. The lowest BCUT2D eigenvalue weighted by Crippen LogP contribution is -2.45. The van der Waals surface area contributed by atoms with Gasteiger partial charge in [-0.05, 0) is 12.8 Å². The maximum absolute atomic E-state index is 12.4. The molecule has 0 aromatic rings.